The highest BCUT2D eigenvalue weighted by Crippen LogP contribution is 2.53. The van der Waals surface area contributed by atoms with E-state index in [0.29, 0.717) is 23.7 Å². The molecule has 1 saturated carbocycles. The van der Waals surface area contributed by atoms with E-state index in [1.54, 1.807) is 0 Å². The monoisotopic (exact) mass is 434 g/mol. The summed E-state index contributed by atoms with van der Waals surface area (Å²) in [5.74, 6) is 0.173. The second kappa shape index (κ2) is 10.4. The lowest BCUT2D eigenvalue weighted by Gasteiger charge is -2.48. The SMILES string of the molecule is CN1CCN(Cc2noc(C(CCCC3(C(C)(C)C)CCCCC3)CC(=O)O)n2)CC1. The van der Waals surface area contributed by atoms with E-state index in [4.69, 9.17) is 4.52 Å². The fraction of sp³-hybridized carbons (Fsp3) is 0.875. The minimum atomic E-state index is -0.799. The Hall–Kier alpha value is -1.47. The summed E-state index contributed by atoms with van der Waals surface area (Å²) in [6, 6.07) is 0. The molecule has 1 aliphatic carbocycles. The summed E-state index contributed by atoms with van der Waals surface area (Å²) in [4.78, 5) is 20.8. The normalized spacial score (nSPS) is 21.8. The highest BCUT2D eigenvalue weighted by atomic mass is 16.5. The Labute approximate surface area is 187 Å². The number of hydrogen-bond donors (Lipinski definition) is 1. The zero-order chi connectivity index (χ0) is 22.5. The molecule has 1 aromatic heterocycles. The van der Waals surface area contributed by atoms with Crippen molar-refractivity contribution in [1.29, 1.82) is 0 Å². The number of piperazine rings is 1. The summed E-state index contributed by atoms with van der Waals surface area (Å²) in [6.07, 6.45) is 9.55. The largest absolute Gasteiger partial charge is 0.481 e. The average molecular weight is 435 g/mol. The lowest BCUT2D eigenvalue weighted by Crippen LogP contribution is -2.44. The molecule has 31 heavy (non-hydrogen) atoms. The third-order valence-corrected chi connectivity index (χ3v) is 7.82. The quantitative estimate of drug-likeness (QED) is 0.611. The van der Waals surface area contributed by atoms with Crippen LogP contribution in [0, 0.1) is 10.8 Å². The van der Waals surface area contributed by atoms with Crippen LogP contribution in [0.25, 0.3) is 0 Å². The van der Waals surface area contributed by atoms with Crippen molar-refractivity contribution in [2.24, 2.45) is 10.8 Å². The minimum Gasteiger partial charge on any atom is -0.481 e. The second-order valence-corrected chi connectivity index (χ2v) is 10.9. The number of nitrogens with zero attached hydrogens (tertiary/aromatic N) is 4. The van der Waals surface area contributed by atoms with E-state index >= 15 is 0 Å². The minimum absolute atomic E-state index is 0.0542. The molecule has 1 atom stereocenters. The van der Waals surface area contributed by atoms with Crippen molar-refractivity contribution in [3.63, 3.8) is 0 Å². The first-order valence-corrected chi connectivity index (χ1v) is 12.1. The molecule has 7 heteroatoms. The molecule has 0 radical (unpaired) electrons. The molecule has 0 bridgehead atoms. The maximum atomic E-state index is 11.5. The van der Waals surface area contributed by atoms with E-state index in [9.17, 15) is 9.90 Å². The van der Waals surface area contributed by atoms with Crippen LogP contribution in [-0.4, -0.2) is 64.2 Å². The molecule has 2 heterocycles. The topological polar surface area (TPSA) is 82.7 Å². The maximum Gasteiger partial charge on any atom is 0.304 e. The van der Waals surface area contributed by atoms with E-state index in [1.165, 1.54) is 32.1 Å². The molecule has 7 nitrogen and oxygen atoms in total. The lowest BCUT2D eigenvalue weighted by atomic mass is 9.57. The maximum absolute atomic E-state index is 11.5. The molecule has 0 spiro atoms. The summed E-state index contributed by atoms with van der Waals surface area (Å²) in [5.41, 5.74) is 0.635. The molecule has 0 aromatic carbocycles. The number of hydrogen-bond acceptors (Lipinski definition) is 6. The van der Waals surface area contributed by atoms with Crippen molar-refractivity contribution < 1.29 is 14.4 Å². The van der Waals surface area contributed by atoms with E-state index in [1.807, 2.05) is 0 Å². The van der Waals surface area contributed by atoms with Crippen molar-refractivity contribution in [3.05, 3.63) is 11.7 Å². The van der Waals surface area contributed by atoms with Crippen LogP contribution in [0.2, 0.25) is 0 Å². The lowest BCUT2D eigenvalue weighted by molar-refractivity contribution is -0.137. The summed E-state index contributed by atoms with van der Waals surface area (Å²) in [5, 5.41) is 13.6. The van der Waals surface area contributed by atoms with Crippen molar-refractivity contribution in [3.8, 4) is 0 Å². The fourth-order valence-corrected chi connectivity index (χ4v) is 5.52. The van der Waals surface area contributed by atoms with E-state index in [-0.39, 0.29) is 17.8 Å². The zero-order valence-corrected chi connectivity index (χ0v) is 20.0. The number of carboxylic acids is 1. The highest BCUT2D eigenvalue weighted by Gasteiger charge is 2.42. The third kappa shape index (κ3) is 6.51. The van der Waals surface area contributed by atoms with Gasteiger partial charge in [-0.2, -0.15) is 4.98 Å². The predicted molar refractivity (Wildman–Crippen MR) is 121 cm³/mol. The van der Waals surface area contributed by atoms with Gasteiger partial charge in [0.05, 0.1) is 13.0 Å². The summed E-state index contributed by atoms with van der Waals surface area (Å²) in [6.45, 7) is 11.9. The van der Waals surface area contributed by atoms with Gasteiger partial charge in [-0.1, -0.05) is 51.6 Å². The number of carbonyl (C=O) groups is 1. The molecule has 2 fully saturated rings. The molecule has 176 valence electrons. The van der Waals surface area contributed by atoms with Gasteiger partial charge in [0.1, 0.15) is 0 Å². The van der Waals surface area contributed by atoms with E-state index < -0.39 is 5.97 Å². The molecule has 1 N–H and O–H groups in total. The van der Waals surface area contributed by atoms with Gasteiger partial charge >= 0.3 is 5.97 Å². The zero-order valence-electron chi connectivity index (χ0n) is 20.0. The van der Waals surface area contributed by atoms with Gasteiger partial charge < -0.3 is 14.5 Å². The Bertz CT molecular complexity index is 698. The van der Waals surface area contributed by atoms with Crippen LogP contribution in [0.3, 0.4) is 0 Å². The van der Waals surface area contributed by atoms with Crippen LogP contribution < -0.4 is 0 Å². The van der Waals surface area contributed by atoms with Crippen LogP contribution in [0.5, 0.6) is 0 Å². The van der Waals surface area contributed by atoms with Gasteiger partial charge in [-0.15, -0.1) is 0 Å². The number of aromatic nitrogens is 2. The van der Waals surface area contributed by atoms with Gasteiger partial charge in [0, 0.05) is 32.1 Å². The van der Waals surface area contributed by atoms with E-state index in [0.717, 1.165) is 45.4 Å². The Balaban J connectivity index is 1.60. The standard InChI is InChI=1S/C24H42N4O3/c1-23(2,3)24(10-6-5-7-11-24)12-8-9-19(17-21(29)30)22-25-20(26-31-22)18-28-15-13-27(4)14-16-28/h19H,5-18H2,1-4H3,(H,29,30). The first-order chi connectivity index (χ1) is 14.7. The predicted octanol–water partition coefficient (Wildman–Crippen LogP) is 4.54. The van der Waals surface area contributed by atoms with Gasteiger partial charge in [-0.3, -0.25) is 9.69 Å². The Morgan fingerprint density at radius 3 is 2.45 bits per heavy atom. The van der Waals surface area contributed by atoms with Gasteiger partial charge in [0.2, 0.25) is 5.89 Å². The highest BCUT2D eigenvalue weighted by molar-refractivity contribution is 5.67. The fourth-order valence-electron chi connectivity index (χ4n) is 5.52. The van der Waals surface area contributed by atoms with E-state index in [2.05, 4.69) is 47.8 Å². The van der Waals surface area contributed by atoms with Gasteiger partial charge in [0.15, 0.2) is 5.82 Å². The molecule has 1 unspecified atom stereocenters. The van der Waals surface area contributed by atoms with Gasteiger partial charge in [0.25, 0.3) is 0 Å². The second-order valence-electron chi connectivity index (χ2n) is 10.9. The molecular formula is C24H42N4O3. The van der Waals surface area contributed by atoms with Crippen LogP contribution in [-0.2, 0) is 11.3 Å². The molecule has 0 amide bonds. The van der Waals surface area contributed by atoms with Gasteiger partial charge in [-0.05, 0) is 43.6 Å². The number of likely N-dealkylation sites (N-methyl/N-ethyl adjacent to an activating group) is 1. The third-order valence-electron chi connectivity index (χ3n) is 7.82. The van der Waals surface area contributed by atoms with Crippen molar-refractivity contribution >= 4 is 5.97 Å². The summed E-state index contributed by atoms with van der Waals surface area (Å²) >= 11 is 0. The summed E-state index contributed by atoms with van der Waals surface area (Å²) < 4.78 is 5.56. The smallest absolute Gasteiger partial charge is 0.304 e. The first-order valence-electron chi connectivity index (χ1n) is 12.1. The first kappa shape index (κ1) is 24.2. The molecular weight excluding hydrogens is 392 g/mol. The Morgan fingerprint density at radius 2 is 1.84 bits per heavy atom. The van der Waals surface area contributed by atoms with Crippen molar-refractivity contribution in [1.82, 2.24) is 19.9 Å². The van der Waals surface area contributed by atoms with Crippen LogP contribution in [0.4, 0.5) is 0 Å². The molecule has 3 rings (SSSR count). The molecule has 1 saturated heterocycles. The number of aliphatic carboxylic acids is 1. The van der Waals surface area contributed by atoms with Crippen LogP contribution in [0.1, 0.15) is 96.2 Å². The molecule has 1 aromatic rings. The average Bonchev–Trinajstić information content (AvgIpc) is 3.17. The van der Waals surface area contributed by atoms with Crippen molar-refractivity contribution in [2.45, 2.75) is 91.0 Å². The van der Waals surface area contributed by atoms with Crippen molar-refractivity contribution in [2.75, 3.05) is 33.2 Å². The Morgan fingerprint density at radius 1 is 1.16 bits per heavy atom. The molecule has 2 aliphatic rings. The van der Waals surface area contributed by atoms with Gasteiger partial charge in [-0.25, -0.2) is 0 Å². The number of carboxylic acid groups (broad SMARTS) is 1. The number of rotatable bonds is 9. The molecule has 1 aliphatic heterocycles. The summed E-state index contributed by atoms with van der Waals surface area (Å²) in [7, 11) is 2.14. The van der Waals surface area contributed by atoms with Crippen LogP contribution in [0.15, 0.2) is 4.52 Å². The Kier molecular flexibility index (Phi) is 8.14. The van der Waals surface area contributed by atoms with Crippen LogP contribution >= 0.6 is 0 Å².